The smallest absolute Gasteiger partial charge is 0.224 e. The number of hydrogen-bond acceptors (Lipinski definition) is 4. The average molecular weight is 279 g/mol. The summed E-state index contributed by atoms with van der Waals surface area (Å²) in [5.74, 6) is 0.234. The summed E-state index contributed by atoms with van der Waals surface area (Å²) in [4.78, 5) is 14.4. The first-order chi connectivity index (χ1) is 9.74. The number of rotatable bonds is 6. The lowest BCUT2D eigenvalue weighted by Gasteiger charge is -2.32. The molecular weight excluding hydrogens is 254 g/mol. The third kappa shape index (κ3) is 3.80. The monoisotopic (exact) mass is 279 g/mol. The van der Waals surface area contributed by atoms with Gasteiger partial charge in [0.1, 0.15) is 0 Å². The Morgan fingerprint density at radius 1 is 1.60 bits per heavy atom. The van der Waals surface area contributed by atoms with E-state index in [4.69, 9.17) is 5.73 Å². The van der Waals surface area contributed by atoms with Gasteiger partial charge < -0.3 is 11.1 Å². The minimum atomic E-state index is 0.0910. The summed E-state index contributed by atoms with van der Waals surface area (Å²) in [6.07, 6.45) is 3.88. The highest BCUT2D eigenvalue weighted by atomic mass is 16.1. The molecule has 6 nitrogen and oxygen atoms in total. The van der Waals surface area contributed by atoms with Crippen molar-refractivity contribution >= 4 is 5.91 Å². The fourth-order valence-corrected chi connectivity index (χ4v) is 2.76. The molecule has 0 aliphatic carbocycles. The van der Waals surface area contributed by atoms with Crippen LogP contribution in [0.2, 0.25) is 0 Å². The molecule has 1 aromatic rings. The standard InChI is InChI=1S/C14H25N5O/c1-2-19-13(5-7-17-19)11-18-9-3-4-12(10-18)14(20)16-8-6-15/h5,7,12H,2-4,6,8-11,15H2,1H3,(H,16,20). The molecule has 1 aliphatic heterocycles. The van der Waals surface area contributed by atoms with Crippen LogP contribution in [0, 0.1) is 5.92 Å². The van der Waals surface area contributed by atoms with E-state index in [1.54, 1.807) is 0 Å². The SMILES string of the molecule is CCn1nccc1CN1CCCC(C(=O)NCCN)C1. The van der Waals surface area contributed by atoms with Crippen LogP contribution in [0.25, 0.3) is 0 Å². The van der Waals surface area contributed by atoms with Gasteiger partial charge in [-0.1, -0.05) is 0 Å². The number of carbonyl (C=O) groups excluding carboxylic acids is 1. The summed E-state index contributed by atoms with van der Waals surface area (Å²) in [5.41, 5.74) is 6.64. The molecule has 0 aromatic carbocycles. The minimum Gasteiger partial charge on any atom is -0.355 e. The molecule has 1 saturated heterocycles. The summed E-state index contributed by atoms with van der Waals surface area (Å²) in [6, 6.07) is 2.06. The van der Waals surface area contributed by atoms with Gasteiger partial charge in [0, 0.05) is 38.9 Å². The Morgan fingerprint density at radius 2 is 2.45 bits per heavy atom. The van der Waals surface area contributed by atoms with Crippen molar-refractivity contribution in [2.45, 2.75) is 32.9 Å². The van der Waals surface area contributed by atoms with Crippen molar-refractivity contribution in [2.75, 3.05) is 26.2 Å². The highest BCUT2D eigenvalue weighted by molar-refractivity contribution is 5.78. The van der Waals surface area contributed by atoms with Gasteiger partial charge in [0.05, 0.1) is 11.6 Å². The number of nitrogens with one attached hydrogen (secondary N) is 1. The molecule has 2 rings (SSSR count). The number of nitrogens with two attached hydrogens (primary N) is 1. The second kappa shape index (κ2) is 7.40. The van der Waals surface area contributed by atoms with Gasteiger partial charge in [0.2, 0.25) is 5.91 Å². The van der Waals surface area contributed by atoms with E-state index >= 15 is 0 Å². The van der Waals surface area contributed by atoms with E-state index in [0.29, 0.717) is 13.1 Å². The fraction of sp³-hybridized carbons (Fsp3) is 0.714. The lowest BCUT2D eigenvalue weighted by Crippen LogP contribution is -2.43. The van der Waals surface area contributed by atoms with Crippen LogP contribution in [-0.2, 0) is 17.9 Å². The number of hydrogen-bond donors (Lipinski definition) is 2. The van der Waals surface area contributed by atoms with Gasteiger partial charge in [-0.3, -0.25) is 14.4 Å². The molecule has 1 amide bonds. The van der Waals surface area contributed by atoms with Crippen LogP contribution in [0.5, 0.6) is 0 Å². The zero-order valence-electron chi connectivity index (χ0n) is 12.2. The number of aromatic nitrogens is 2. The summed E-state index contributed by atoms with van der Waals surface area (Å²) in [5, 5.41) is 7.19. The van der Waals surface area contributed by atoms with Crippen LogP contribution >= 0.6 is 0 Å². The third-order valence-electron chi connectivity index (χ3n) is 3.81. The van der Waals surface area contributed by atoms with Crippen LogP contribution in [0.3, 0.4) is 0 Å². The van der Waals surface area contributed by atoms with Gasteiger partial charge >= 0.3 is 0 Å². The number of carbonyl (C=O) groups is 1. The quantitative estimate of drug-likeness (QED) is 0.779. The Balaban J connectivity index is 1.88. The van der Waals surface area contributed by atoms with Crippen LogP contribution in [0.1, 0.15) is 25.5 Å². The predicted molar refractivity (Wildman–Crippen MR) is 78.0 cm³/mol. The van der Waals surface area contributed by atoms with Crippen molar-refractivity contribution in [3.63, 3.8) is 0 Å². The highest BCUT2D eigenvalue weighted by Crippen LogP contribution is 2.18. The molecule has 1 unspecified atom stereocenters. The molecule has 0 bridgehead atoms. The Hall–Kier alpha value is -1.40. The van der Waals surface area contributed by atoms with Crippen LogP contribution in [0.15, 0.2) is 12.3 Å². The van der Waals surface area contributed by atoms with E-state index in [-0.39, 0.29) is 11.8 Å². The van der Waals surface area contributed by atoms with Crippen molar-refractivity contribution in [1.82, 2.24) is 20.0 Å². The molecule has 1 aromatic heterocycles. The average Bonchev–Trinajstić information content (AvgIpc) is 2.92. The Bertz CT molecular complexity index is 431. The van der Waals surface area contributed by atoms with E-state index < -0.39 is 0 Å². The molecule has 1 atom stereocenters. The van der Waals surface area contributed by atoms with Crippen LogP contribution in [-0.4, -0.2) is 46.8 Å². The van der Waals surface area contributed by atoms with Crippen molar-refractivity contribution in [3.05, 3.63) is 18.0 Å². The normalized spacial score (nSPS) is 20.0. The second-order valence-electron chi connectivity index (χ2n) is 5.29. The third-order valence-corrected chi connectivity index (χ3v) is 3.81. The minimum absolute atomic E-state index is 0.0910. The molecule has 1 aliphatic rings. The van der Waals surface area contributed by atoms with Crippen LogP contribution in [0.4, 0.5) is 0 Å². The highest BCUT2D eigenvalue weighted by Gasteiger charge is 2.25. The number of nitrogens with zero attached hydrogens (tertiary/aromatic N) is 3. The number of aryl methyl sites for hydroxylation is 1. The first-order valence-electron chi connectivity index (χ1n) is 7.45. The van der Waals surface area contributed by atoms with E-state index in [1.807, 2.05) is 10.9 Å². The molecule has 0 radical (unpaired) electrons. The van der Waals surface area contributed by atoms with Crippen molar-refractivity contribution < 1.29 is 4.79 Å². The molecular formula is C14H25N5O. The summed E-state index contributed by atoms with van der Waals surface area (Å²) < 4.78 is 2.01. The largest absolute Gasteiger partial charge is 0.355 e. The summed E-state index contributed by atoms with van der Waals surface area (Å²) in [7, 11) is 0. The molecule has 0 spiro atoms. The van der Waals surface area contributed by atoms with Crippen LogP contribution < -0.4 is 11.1 Å². The van der Waals surface area contributed by atoms with E-state index in [0.717, 1.165) is 39.0 Å². The lowest BCUT2D eigenvalue weighted by atomic mass is 9.97. The number of piperidine rings is 1. The van der Waals surface area contributed by atoms with Gasteiger partial charge in [0.15, 0.2) is 0 Å². The molecule has 2 heterocycles. The van der Waals surface area contributed by atoms with Gasteiger partial charge in [-0.05, 0) is 32.4 Å². The maximum atomic E-state index is 12.0. The van der Waals surface area contributed by atoms with Crippen molar-refractivity contribution in [1.29, 1.82) is 0 Å². The maximum absolute atomic E-state index is 12.0. The first kappa shape index (κ1) is 15.0. The topological polar surface area (TPSA) is 76.2 Å². The molecule has 0 saturated carbocycles. The number of likely N-dealkylation sites (tertiary alicyclic amines) is 1. The Labute approximate surface area is 120 Å². The molecule has 3 N–H and O–H groups in total. The molecule has 1 fully saturated rings. The maximum Gasteiger partial charge on any atom is 0.224 e. The Kier molecular flexibility index (Phi) is 5.55. The number of amides is 1. The van der Waals surface area contributed by atoms with Gasteiger partial charge in [0.25, 0.3) is 0 Å². The molecule has 6 heteroatoms. The zero-order chi connectivity index (χ0) is 14.4. The Morgan fingerprint density at radius 3 is 3.20 bits per heavy atom. The summed E-state index contributed by atoms with van der Waals surface area (Å²) >= 11 is 0. The first-order valence-corrected chi connectivity index (χ1v) is 7.45. The van der Waals surface area contributed by atoms with Crippen molar-refractivity contribution in [3.8, 4) is 0 Å². The fourth-order valence-electron chi connectivity index (χ4n) is 2.76. The predicted octanol–water partition coefficient (Wildman–Crippen LogP) is 0.190. The van der Waals surface area contributed by atoms with Crippen molar-refractivity contribution in [2.24, 2.45) is 11.7 Å². The summed E-state index contributed by atoms with van der Waals surface area (Å²) in [6.45, 7) is 6.79. The van der Waals surface area contributed by atoms with E-state index in [2.05, 4.69) is 28.3 Å². The zero-order valence-corrected chi connectivity index (χ0v) is 12.2. The van der Waals surface area contributed by atoms with E-state index in [9.17, 15) is 4.79 Å². The molecule has 20 heavy (non-hydrogen) atoms. The van der Waals surface area contributed by atoms with Gasteiger partial charge in [-0.25, -0.2) is 0 Å². The van der Waals surface area contributed by atoms with Gasteiger partial charge in [-0.2, -0.15) is 5.10 Å². The lowest BCUT2D eigenvalue weighted by molar-refractivity contribution is -0.126. The van der Waals surface area contributed by atoms with Gasteiger partial charge in [-0.15, -0.1) is 0 Å². The molecule has 112 valence electrons. The van der Waals surface area contributed by atoms with E-state index in [1.165, 1.54) is 5.69 Å². The second-order valence-corrected chi connectivity index (χ2v) is 5.29.